The first-order valence-electron chi connectivity index (χ1n) is 5.69. The van der Waals surface area contributed by atoms with Crippen LogP contribution in [0.15, 0.2) is 15.9 Å². The zero-order valence-corrected chi connectivity index (χ0v) is 12.5. The molecular formula is C11H13O4PS2. The summed E-state index contributed by atoms with van der Waals surface area (Å²) in [6.07, 6.45) is 1.03. The predicted molar refractivity (Wildman–Crippen MR) is 71.8 cm³/mol. The molecule has 2 aliphatic rings. The van der Waals surface area contributed by atoms with Gasteiger partial charge in [0.25, 0.3) is 0 Å². The molecule has 0 radical (unpaired) electrons. The van der Waals surface area contributed by atoms with E-state index in [4.69, 9.17) is 0 Å². The SMILES string of the molecule is CPc1c2c(cc3c1S(=O)(=O)CC3)CCS2(=O)=O. The van der Waals surface area contributed by atoms with Gasteiger partial charge in [0.15, 0.2) is 19.7 Å². The Morgan fingerprint density at radius 2 is 1.39 bits per heavy atom. The van der Waals surface area contributed by atoms with Crippen molar-refractivity contribution in [3.05, 3.63) is 17.2 Å². The van der Waals surface area contributed by atoms with E-state index in [0.29, 0.717) is 27.9 Å². The fourth-order valence-corrected chi connectivity index (χ4v) is 8.49. The highest BCUT2D eigenvalue weighted by atomic mass is 32.2. The molecule has 0 saturated heterocycles. The normalized spacial score (nSPS) is 23.4. The first kappa shape index (κ1) is 12.6. The molecule has 4 nitrogen and oxygen atoms in total. The third-order valence-electron chi connectivity index (χ3n) is 3.54. The van der Waals surface area contributed by atoms with Crippen LogP contribution in [0, 0.1) is 0 Å². The molecule has 1 atom stereocenters. The van der Waals surface area contributed by atoms with Crippen LogP contribution in [0.5, 0.6) is 0 Å². The Hall–Kier alpha value is -0.450. The van der Waals surface area contributed by atoms with E-state index in [1.807, 2.05) is 6.66 Å². The minimum Gasteiger partial charge on any atom is -0.224 e. The second kappa shape index (κ2) is 3.78. The van der Waals surface area contributed by atoms with Gasteiger partial charge in [0.05, 0.1) is 21.3 Å². The van der Waals surface area contributed by atoms with Gasteiger partial charge in [-0.05, 0) is 30.6 Å². The van der Waals surface area contributed by atoms with E-state index >= 15 is 0 Å². The second-order valence-corrected chi connectivity index (χ2v) is 9.71. The van der Waals surface area contributed by atoms with Crippen LogP contribution in [-0.4, -0.2) is 35.0 Å². The molecule has 98 valence electrons. The van der Waals surface area contributed by atoms with Gasteiger partial charge in [-0.3, -0.25) is 0 Å². The monoisotopic (exact) mass is 304 g/mol. The van der Waals surface area contributed by atoms with Crippen molar-refractivity contribution >= 4 is 33.6 Å². The number of sulfone groups is 2. The van der Waals surface area contributed by atoms with Gasteiger partial charge in [0, 0.05) is 5.30 Å². The smallest absolute Gasteiger partial charge is 0.179 e. The maximum absolute atomic E-state index is 12.1. The number of fused-ring (bicyclic) bond motifs is 2. The van der Waals surface area contributed by atoms with Gasteiger partial charge in [-0.25, -0.2) is 16.8 Å². The fraction of sp³-hybridized carbons (Fsp3) is 0.455. The number of hydrogen-bond donors (Lipinski definition) is 0. The molecule has 2 heterocycles. The van der Waals surface area contributed by atoms with E-state index in [9.17, 15) is 16.8 Å². The third-order valence-corrected chi connectivity index (χ3v) is 8.56. The Bertz CT molecular complexity index is 687. The molecule has 0 bridgehead atoms. The average Bonchev–Trinajstić information content (AvgIpc) is 2.76. The molecule has 0 amide bonds. The van der Waals surface area contributed by atoms with Crippen molar-refractivity contribution in [2.75, 3.05) is 18.2 Å². The molecule has 0 saturated carbocycles. The number of rotatable bonds is 1. The van der Waals surface area contributed by atoms with Crippen LogP contribution in [0.2, 0.25) is 0 Å². The zero-order chi connectivity index (χ0) is 13.1. The van der Waals surface area contributed by atoms with Gasteiger partial charge in [-0.15, -0.1) is 0 Å². The van der Waals surface area contributed by atoms with E-state index in [-0.39, 0.29) is 20.1 Å². The summed E-state index contributed by atoms with van der Waals surface area (Å²) in [5, 5.41) is 0.553. The van der Waals surface area contributed by atoms with Crippen molar-refractivity contribution in [1.82, 2.24) is 0 Å². The van der Waals surface area contributed by atoms with Crippen LogP contribution >= 0.6 is 8.58 Å². The number of benzene rings is 1. The maximum atomic E-state index is 12.1. The lowest BCUT2D eigenvalue weighted by atomic mass is 10.1. The molecule has 3 rings (SSSR count). The van der Waals surface area contributed by atoms with Crippen molar-refractivity contribution in [1.29, 1.82) is 0 Å². The lowest BCUT2D eigenvalue weighted by molar-refractivity contribution is 0.600. The maximum Gasteiger partial charge on any atom is 0.179 e. The molecule has 1 aromatic rings. The molecule has 0 N–H and O–H groups in total. The van der Waals surface area contributed by atoms with E-state index in [2.05, 4.69) is 0 Å². The average molecular weight is 304 g/mol. The van der Waals surface area contributed by atoms with Crippen molar-refractivity contribution in [2.24, 2.45) is 0 Å². The summed E-state index contributed by atoms with van der Waals surface area (Å²) in [4.78, 5) is 0.625. The molecule has 0 fully saturated rings. The lowest BCUT2D eigenvalue weighted by Gasteiger charge is -2.11. The molecule has 0 aromatic heterocycles. The van der Waals surface area contributed by atoms with Crippen molar-refractivity contribution in [2.45, 2.75) is 22.6 Å². The van der Waals surface area contributed by atoms with Gasteiger partial charge in [-0.2, -0.15) is 0 Å². The highest BCUT2D eigenvalue weighted by Crippen LogP contribution is 2.36. The van der Waals surface area contributed by atoms with Crippen LogP contribution in [0.4, 0.5) is 0 Å². The Morgan fingerprint density at radius 3 is 1.78 bits per heavy atom. The van der Waals surface area contributed by atoms with Crippen LogP contribution < -0.4 is 5.30 Å². The zero-order valence-electron chi connectivity index (χ0n) is 9.86. The van der Waals surface area contributed by atoms with E-state index < -0.39 is 19.7 Å². The van der Waals surface area contributed by atoms with Crippen LogP contribution in [0.25, 0.3) is 0 Å². The molecule has 1 aromatic carbocycles. The lowest BCUT2D eigenvalue weighted by Crippen LogP contribution is -2.17. The van der Waals surface area contributed by atoms with Gasteiger partial charge in [-0.1, -0.05) is 14.6 Å². The minimum atomic E-state index is -3.28. The molecular weight excluding hydrogens is 291 g/mol. The van der Waals surface area contributed by atoms with Gasteiger partial charge in [0.2, 0.25) is 0 Å². The quantitative estimate of drug-likeness (QED) is 0.699. The van der Waals surface area contributed by atoms with E-state index in [0.717, 1.165) is 11.1 Å². The number of aryl methyl sites for hydroxylation is 2. The molecule has 18 heavy (non-hydrogen) atoms. The topological polar surface area (TPSA) is 68.3 Å². The summed E-state index contributed by atoms with van der Waals surface area (Å²) >= 11 is 0. The van der Waals surface area contributed by atoms with Crippen molar-refractivity contribution < 1.29 is 16.8 Å². The Kier molecular flexibility index (Phi) is 2.64. The van der Waals surface area contributed by atoms with E-state index in [1.54, 1.807) is 6.07 Å². The molecule has 2 aliphatic heterocycles. The molecule has 0 spiro atoms. The summed E-state index contributed by atoms with van der Waals surface area (Å²) in [6, 6.07) is 1.80. The molecule has 7 heteroatoms. The summed E-state index contributed by atoms with van der Waals surface area (Å²) in [5.41, 5.74) is 1.63. The molecule has 1 unspecified atom stereocenters. The minimum absolute atomic E-state index is 0.114. The van der Waals surface area contributed by atoms with Crippen LogP contribution in [0.3, 0.4) is 0 Å². The van der Waals surface area contributed by atoms with Crippen molar-refractivity contribution in [3.63, 3.8) is 0 Å². The number of hydrogen-bond acceptors (Lipinski definition) is 4. The summed E-state index contributed by atoms with van der Waals surface area (Å²) < 4.78 is 48.2. The summed E-state index contributed by atoms with van der Waals surface area (Å²) in [7, 11) is -6.37. The summed E-state index contributed by atoms with van der Waals surface area (Å²) in [6.45, 7) is 1.84. The first-order chi connectivity index (χ1) is 8.37. The van der Waals surface area contributed by atoms with Gasteiger partial charge in [0.1, 0.15) is 0 Å². The third kappa shape index (κ3) is 1.59. The highest BCUT2D eigenvalue weighted by Gasteiger charge is 2.37. The van der Waals surface area contributed by atoms with Gasteiger partial charge >= 0.3 is 0 Å². The Morgan fingerprint density at radius 1 is 0.944 bits per heavy atom. The fourth-order valence-electron chi connectivity index (χ4n) is 2.77. The first-order valence-corrected chi connectivity index (χ1v) is 10.5. The van der Waals surface area contributed by atoms with Crippen molar-refractivity contribution in [3.8, 4) is 0 Å². The van der Waals surface area contributed by atoms with Crippen LogP contribution in [0.1, 0.15) is 11.1 Å². The predicted octanol–water partition coefficient (Wildman–Crippen LogP) is 0.280. The molecule has 0 aliphatic carbocycles. The standard InChI is InChI=1S/C11H13O4PS2/c1-16-9-10-7(2-4-17(10,12)13)6-8-3-5-18(14,15)11(8)9/h6,16H,2-5H2,1H3. The Balaban J connectivity index is 2.47. The van der Waals surface area contributed by atoms with Crippen LogP contribution in [-0.2, 0) is 32.5 Å². The Labute approximate surface area is 108 Å². The van der Waals surface area contributed by atoms with Gasteiger partial charge < -0.3 is 0 Å². The highest BCUT2D eigenvalue weighted by molar-refractivity contribution is 7.93. The largest absolute Gasteiger partial charge is 0.224 e. The summed E-state index contributed by atoms with van der Waals surface area (Å²) in [5.74, 6) is 0.228. The second-order valence-electron chi connectivity index (χ2n) is 4.62. The van der Waals surface area contributed by atoms with E-state index in [1.165, 1.54) is 0 Å².